The van der Waals surface area contributed by atoms with E-state index in [4.69, 9.17) is 10.5 Å². The zero-order valence-electron chi connectivity index (χ0n) is 8.02. The van der Waals surface area contributed by atoms with Crippen LogP contribution < -0.4 is 10.6 Å². The van der Waals surface area contributed by atoms with Crippen molar-refractivity contribution < 1.29 is 13.9 Å². The van der Waals surface area contributed by atoms with Crippen molar-refractivity contribution in [1.29, 1.82) is 0 Å². The molecule has 1 atom stereocenters. The Hall–Kier alpha value is -1.62. The van der Waals surface area contributed by atoms with Gasteiger partial charge in [-0.1, -0.05) is 6.07 Å². The van der Waals surface area contributed by atoms with Crippen molar-refractivity contribution in [3.05, 3.63) is 30.1 Å². The van der Waals surface area contributed by atoms with Crippen molar-refractivity contribution >= 4 is 11.8 Å². The first kappa shape index (κ1) is 9.92. The summed E-state index contributed by atoms with van der Waals surface area (Å²) in [5.74, 6) is -0.378. The highest BCUT2D eigenvalue weighted by Gasteiger charge is 2.31. The molecule has 0 spiro atoms. The lowest BCUT2D eigenvalue weighted by Crippen LogP contribution is -2.27. The van der Waals surface area contributed by atoms with E-state index >= 15 is 0 Å². The standard InChI is InChI=1S/C10H11FN2O2/c11-7-2-1-3-8(4-7)13-6-9(5-12)15-10(13)14/h1-4,9H,5-6,12H2. The number of hydrogen-bond acceptors (Lipinski definition) is 3. The van der Waals surface area contributed by atoms with Crippen molar-refractivity contribution in [1.82, 2.24) is 0 Å². The summed E-state index contributed by atoms with van der Waals surface area (Å²) in [7, 11) is 0. The van der Waals surface area contributed by atoms with Gasteiger partial charge >= 0.3 is 6.09 Å². The second kappa shape index (κ2) is 3.86. The summed E-state index contributed by atoms with van der Waals surface area (Å²) in [6, 6.07) is 5.82. The normalized spacial score (nSPS) is 20.5. The SMILES string of the molecule is NCC1CN(c2cccc(F)c2)C(=O)O1. The zero-order valence-corrected chi connectivity index (χ0v) is 8.02. The fourth-order valence-electron chi connectivity index (χ4n) is 1.50. The first-order valence-electron chi connectivity index (χ1n) is 4.64. The molecular weight excluding hydrogens is 199 g/mol. The van der Waals surface area contributed by atoms with Gasteiger partial charge in [-0.05, 0) is 18.2 Å². The van der Waals surface area contributed by atoms with Gasteiger partial charge in [0.05, 0.1) is 12.2 Å². The van der Waals surface area contributed by atoms with E-state index in [-0.39, 0.29) is 18.5 Å². The number of halogens is 1. The Morgan fingerprint density at radius 1 is 1.60 bits per heavy atom. The fraction of sp³-hybridized carbons (Fsp3) is 0.300. The van der Waals surface area contributed by atoms with Gasteiger partial charge in [-0.3, -0.25) is 4.90 Å². The van der Waals surface area contributed by atoms with Gasteiger partial charge < -0.3 is 10.5 Å². The van der Waals surface area contributed by atoms with Crippen LogP contribution in [-0.4, -0.2) is 25.3 Å². The predicted octanol–water partition coefficient (Wildman–Crippen LogP) is 1.11. The van der Waals surface area contributed by atoms with Gasteiger partial charge in [0.1, 0.15) is 11.9 Å². The number of nitrogens with two attached hydrogens (primary N) is 1. The number of anilines is 1. The minimum absolute atomic E-state index is 0.275. The van der Waals surface area contributed by atoms with E-state index in [9.17, 15) is 9.18 Å². The van der Waals surface area contributed by atoms with Crippen LogP contribution in [0.4, 0.5) is 14.9 Å². The number of rotatable bonds is 2. The molecular formula is C10H11FN2O2. The van der Waals surface area contributed by atoms with Crippen molar-refractivity contribution in [3.8, 4) is 0 Å². The lowest BCUT2D eigenvalue weighted by atomic mass is 10.2. The van der Waals surface area contributed by atoms with E-state index in [1.807, 2.05) is 0 Å². The molecule has 0 bridgehead atoms. The number of carbonyl (C=O) groups excluding carboxylic acids is 1. The second-order valence-electron chi connectivity index (χ2n) is 3.33. The van der Waals surface area contributed by atoms with Crippen LogP contribution in [0.2, 0.25) is 0 Å². The van der Waals surface area contributed by atoms with Crippen molar-refractivity contribution in [3.63, 3.8) is 0 Å². The maximum absolute atomic E-state index is 12.9. The number of ether oxygens (including phenoxy) is 1. The highest BCUT2D eigenvalue weighted by atomic mass is 19.1. The monoisotopic (exact) mass is 210 g/mol. The lowest BCUT2D eigenvalue weighted by Gasteiger charge is -2.12. The van der Waals surface area contributed by atoms with Crippen molar-refractivity contribution in [2.75, 3.05) is 18.0 Å². The highest BCUT2D eigenvalue weighted by molar-refractivity contribution is 5.89. The molecule has 2 rings (SSSR count). The van der Waals surface area contributed by atoms with Crippen LogP contribution in [-0.2, 0) is 4.74 Å². The first-order chi connectivity index (χ1) is 7.20. The molecule has 1 aliphatic rings. The fourth-order valence-corrected chi connectivity index (χ4v) is 1.50. The van der Waals surface area contributed by atoms with Gasteiger partial charge in [-0.25, -0.2) is 9.18 Å². The van der Waals surface area contributed by atoms with Gasteiger partial charge in [-0.15, -0.1) is 0 Å². The largest absolute Gasteiger partial charge is 0.443 e. The summed E-state index contributed by atoms with van der Waals surface area (Å²) in [6.45, 7) is 0.649. The van der Waals surface area contributed by atoms with Crippen LogP contribution >= 0.6 is 0 Å². The number of hydrogen-bond donors (Lipinski definition) is 1. The minimum atomic E-state index is -0.476. The molecule has 1 aliphatic heterocycles. The zero-order chi connectivity index (χ0) is 10.8. The molecule has 5 heteroatoms. The molecule has 0 radical (unpaired) electrons. The quantitative estimate of drug-likeness (QED) is 0.795. The molecule has 0 saturated carbocycles. The van der Waals surface area contributed by atoms with Gasteiger partial charge in [0.25, 0.3) is 0 Å². The lowest BCUT2D eigenvalue weighted by molar-refractivity contribution is 0.145. The third-order valence-electron chi connectivity index (χ3n) is 2.26. The van der Waals surface area contributed by atoms with Crippen molar-refractivity contribution in [2.45, 2.75) is 6.10 Å². The summed E-state index contributed by atoms with van der Waals surface area (Å²) in [4.78, 5) is 12.8. The summed E-state index contributed by atoms with van der Waals surface area (Å²) in [6.07, 6.45) is -0.781. The summed E-state index contributed by atoms with van der Waals surface area (Å²) in [5, 5.41) is 0. The number of carbonyl (C=O) groups is 1. The van der Waals surface area contributed by atoms with E-state index in [0.717, 1.165) is 0 Å². The number of nitrogens with zero attached hydrogens (tertiary/aromatic N) is 1. The van der Waals surface area contributed by atoms with Crippen LogP contribution in [0.15, 0.2) is 24.3 Å². The van der Waals surface area contributed by atoms with E-state index in [2.05, 4.69) is 0 Å². The van der Waals surface area contributed by atoms with E-state index in [1.54, 1.807) is 12.1 Å². The molecule has 1 unspecified atom stereocenters. The van der Waals surface area contributed by atoms with Gasteiger partial charge in [-0.2, -0.15) is 0 Å². The van der Waals surface area contributed by atoms with E-state index < -0.39 is 6.09 Å². The Labute approximate surface area is 86.4 Å². The van der Waals surface area contributed by atoms with Gasteiger partial charge in [0, 0.05) is 6.54 Å². The number of benzene rings is 1. The van der Waals surface area contributed by atoms with Crippen molar-refractivity contribution in [2.24, 2.45) is 5.73 Å². The molecule has 1 amide bonds. The maximum atomic E-state index is 12.9. The summed E-state index contributed by atoms with van der Waals surface area (Å²) >= 11 is 0. The highest BCUT2D eigenvalue weighted by Crippen LogP contribution is 2.21. The Morgan fingerprint density at radius 2 is 2.40 bits per heavy atom. The summed E-state index contributed by atoms with van der Waals surface area (Å²) < 4.78 is 17.9. The van der Waals surface area contributed by atoms with E-state index in [0.29, 0.717) is 12.2 Å². The van der Waals surface area contributed by atoms with Gasteiger partial charge in [0.15, 0.2) is 0 Å². The van der Waals surface area contributed by atoms with Crippen LogP contribution in [0.1, 0.15) is 0 Å². The molecule has 1 heterocycles. The van der Waals surface area contributed by atoms with Crippen LogP contribution in [0.3, 0.4) is 0 Å². The maximum Gasteiger partial charge on any atom is 0.414 e. The van der Waals surface area contributed by atoms with Gasteiger partial charge in [0.2, 0.25) is 0 Å². The molecule has 1 fully saturated rings. The Kier molecular flexibility index (Phi) is 2.55. The average Bonchev–Trinajstić information content (AvgIpc) is 2.60. The molecule has 0 aromatic heterocycles. The smallest absolute Gasteiger partial charge is 0.414 e. The summed E-state index contributed by atoms with van der Waals surface area (Å²) in [5.41, 5.74) is 5.88. The van der Waals surface area contributed by atoms with Crippen LogP contribution in [0, 0.1) is 5.82 Å². The average molecular weight is 210 g/mol. The molecule has 80 valence electrons. The molecule has 4 nitrogen and oxygen atoms in total. The number of amides is 1. The molecule has 1 aromatic carbocycles. The third-order valence-corrected chi connectivity index (χ3v) is 2.26. The van der Waals surface area contributed by atoms with Crippen LogP contribution in [0.5, 0.6) is 0 Å². The third kappa shape index (κ3) is 1.92. The predicted molar refractivity (Wildman–Crippen MR) is 53.1 cm³/mol. The Bertz CT molecular complexity index is 383. The van der Waals surface area contributed by atoms with Crippen LogP contribution in [0.25, 0.3) is 0 Å². The molecule has 15 heavy (non-hydrogen) atoms. The molecule has 0 aliphatic carbocycles. The first-order valence-corrected chi connectivity index (χ1v) is 4.64. The molecule has 2 N–H and O–H groups in total. The topological polar surface area (TPSA) is 55.6 Å². The number of cyclic esters (lactones) is 1. The minimum Gasteiger partial charge on any atom is -0.443 e. The Morgan fingerprint density at radius 3 is 3.00 bits per heavy atom. The molecule has 1 saturated heterocycles. The Balaban J connectivity index is 2.21. The second-order valence-corrected chi connectivity index (χ2v) is 3.33. The van der Waals surface area contributed by atoms with E-state index in [1.165, 1.54) is 17.0 Å². The molecule has 1 aromatic rings.